The van der Waals surface area contributed by atoms with Crippen molar-refractivity contribution in [2.75, 3.05) is 6.54 Å². The van der Waals surface area contributed by atoms with Gasteiger partial charge in [-0.2, -0.15) is 5.26 Å². The predicted molar refractivity (Wildman–Crippen MR) is 114 cm³/mol. The fraction of sp³-hybridized carbons (Fsp3) is 0.250. The highest BCUT2D eigenvalue weighted by molar-refractivity contribution is 6.01. The summed E-state index contributed by atoms with van der Waals surface area (Å²) < 4.78 is 46.1. The summed E-state index contributed by atoms with van der Waals surface area (Å²) in [4.78, 5) is 30.0. The fourth-order valence-corrected chi connectivity index (χ4v) is 3.77. The predicted octanol–water partition coefficient (Wildman–Crippen LogP) is 4.86. The zero-order valence-electron chi connectivity index (χ0n) is 17.3. The van der Waals surface area contributed by atoms with Crippen LogP contribution in [0.3, 0.4) is 0 Å². The molecule has 168 valence electrons. The second kappa shape index (κ2) is 8.90. The van der Waals surface area contributed by atoms with E-state index in [1.165, 1.54) is 30.6 Å². The van der Waals surface area contributed by atoms with Crippen LogP contribution in [0.1, 0.15) is 40.9 Å². The van der Waals surface area contributed by atoms with Crippen molar-refractivity contribution >= 4 is 34.8 Å². The Morgan fingerprint density at radius 1 is 1.24 bits per heavy atom. The second-order valence-electron chi connectivity index (χ2n) is 7.78. The zero-order chi connectivity index (χ0) is 23.6. The van der Waals surface area contributed by atoms with Gasteiger partial charge in [-0.25, -0.2) is 13.2 Å². The Kier molecular flexibility index (Phi) is 6.01. The van der Waals surface area contributed by atoms with Crippen LogP contribution in [-0.2, 0) is 4.79 Å². The summed E-state index contributed by atoms with van der Waals surface area (Å²) in [5.74, 6) is -4.10. The molecule has 1 fully saturated rings. The van der Waals surface area contributed by atoms with Crippen molar-refractivity contribution in [2.45, 2.75) is 31.2 Å². The van der Waals surface area contributed by atoms with Crippen LogP contribution in [-0.4, -0.2) is 40.1 Å². The van der Waals surface area contributed by atoms with E-state index < -0.39 is 36.7 Å². The van der Waals surface area contributed by atoms with E-state index in [0.29, 0.717) is 22.5 Å². The zero-order valence-corrected chi connectivity index (χ0v) is 17.3. The van der Waals surface area contributed by atoms with Gasteiger partial charge >= 0.3 is 0 Å². The van der Waals surface area contributed by atoms with Crippen molar-refractivity contribution in [3.63, 3.8) is 0 Å². The molecule has 2 aromatic heterocycles. The molecule has 0 spiro atoms. The number of hydrogen-bond donors (Lipinski definition) is 0. The molecule has 3 aromatic rings. The first kappa shape index (κ1) is 22.3. The SMILES string of the molecule is N#C[C@@H]1CC(F)(F)CN1C(=O)CCC(=O)c1ccncc1/C=C/c1cc2ccc(F)cc2o1. The quantitative estimate of drug-likeness (QED) is 0.498. The van der Waals surface area contributed by atoms with E-state index in [2.05, 4.69) is 4.98 Å². The minimum Gasteiger partial charge on any atom is -0.457 e. The van der Waals surface area contributed by atoms with Gasteiger partial charge in [-0.15, -0.1) is 0 Å². The number of carbonyl (C=O) groups is 2. The number of fused-ring (bicyclic) bond motifs is 1. The van der Waals surface area contributed by atoms with Gasteiger partial charge in [-0.05, 0) is 36.4 Å². The molecule has 1 aliphatic rings. The lowest BCUT2D eigenvalue weighted by Gasteiger charge is -2.18. The monoisotopic (exact) mass is 453 g/mol. The van der Waals surface area contributed by atoms with E-state index in [4.69, 9.17) is 9.68 Å². The smallest absolute Gasteiger partial charge is 0.268 e. The molecular formula is C24H18F3N3O3. The van der Waals surface area contributed by atoms with Crippen LogP contribution in [0.5, 0.6) is 0 Å². The number of likely N-dealkylation sites (tertiary alicyclic amines) is 1. The number of carbonyl (C=O) groups excluding carboxylic acids is 2. The molecule has 0 unspecified atom stereocenters. The van der Waals surface area contributed by atoms with Crippen LogP contribution in [0.25, 0.3) is 23.1 Å². The Hall–Kier alpha value is -3.93. The Morgan fingerprint density at radius 3 is 2.85 bits per heavy atom. The molecule has 1 saturated heterocycles. The number of benzene rings is 1. The third-order valence-corrected chi connectivity index (χ3v) is 5.39. The van der Waals surface area contributed by atoms with Gasteiger partial charge in [0.1, 0.15) is 23.2 Å². The first-order valence-corrected chi connectivity index (χ1v) is 10.2. The van der Waals surface area contributed by atoms with Crippen molar-refractivity contribution in [3.05, 3.63) is 65.4 Å². The summed E-state index contributed by atoms with van der Waals surface area (Å²) >= 11 is 0. The Labute approximate surface area is 186 Å². The van der Waals surface area contributed by atoms with E-state index in [1.54, 1.807) is 30.4 Å². The number of ketones is 1. The first-order valence-electron chi connectivity index (χ1n) is 10.2. The maximum absolute atomic E-state index is 13.6. The topological polar surface area (TPSA) is 87.2 Å². The molecule has 1 aromatic carbocycles. The number of amides is 1. The number of aromatic nitrogens is 1. The summed E-state index contributed by atoms with van der Waals surface area (Å²) in [6, 6.07) is 7.94. The number of pyridine rings is 1. The largest absolute Gasteiger partial charge is 0.457 e. The van der Waals surface area contributed by atoms with E-state index >= 15 is 0 Å². The highest BCUT2D eigenvalue weighted by Gasteiger charge is 2.47. The summed E-state index contributed by atoms with van der Waals surface area (Å²) in [6.45, 7) is -0.817. The molecule has 0 bridgehead atoms. The molecule has 0 radical (unpaired) electrons. The number of halogens is 3. The minimum absolute atomic E-state index is 0.201. The van der Waals surface area contributed by atoms with Gasteiger partial charge in [0.05, 0.1) is 12.6 Å². The van der Waals surface area contributed by atoms with Gasteiger partial charge in [-0.1, -0.05) is 0 Å². The molecule has 33 heavy (non-hydrogen) atoms. The lowest BCUT2D eigenvalue weighted by Crippen LogP contribution is -2.36. The van der Waals surface area contributed by atoms with Crippen molar-refractivity contribution in [2.24, 2.45) is 0 Å². The fourth-order valence-electron chi connectivity index (χ4n) is 3.77. The van der Waals surface area contributed by atoms with Crippen LogP contribution in [0.2, 0.25) is 0 Å². The number of rotatable bonds is 6. The van der Waals surface area contributed by atoms with Crippen molar-refractivity contribution in [1.29, 1.82) is 5.26 Å². The van der Waals surface area contributed by atoms with Crippen LogP contribution in [0, 0.1) is 17.1 Å². The lowest BCUT2D eigenvalue weighted by molar-refractivity contribution is -0.132. The molecule has 1 atom stereocenters. The molecule has 9 heteroatoms. The summed E-state index contributed by atoms with van der Waals surface area (Å²) in [5, 5.41) is 9.76. The maximum Gasteiger partial charge on any atom is 0.268 e. The number of nitriles is 1. The normalized spacial score (nSPS) is 17.5. The van der Waals surface area contributed by atoms with E-state index in [9.17, 15) is 22.8 Å². The van der Waals surface area contributed by atoms with E-state index in [0.717, 1.165) is 10.3 Å². The molecular weight excluding hydrogens is 435 g/mol. The molecule has 6 nitrogen and oxygen atoms in total. The molecule has 0 N–H and O–H groups in total. The highest BCUT2D eigenvalue weighted by atomic mass is 19.3. The highest BCUT2D eigenvalue weighted by Crippen LogP contribution is 2.32. The minimum atomic E-state index is -3.11. The second-order valence-corrected chi connectivity index (χ2v) is 7.78. The standard InChI is InChI=1S/C24H18F3N3O3/c25-17-3-1-15-9-19(33-22(15)10-17)4-2-16-13-29-8-7-20(16)21(31)5-6-23(32)30-14-24(26,27)11-18(30)12-28/h1-4,7-10,13,18H,5-6,11,14H2/b4-2+/t18-/m0/s1. The van der Waals surface area contributed by atoms with Crippen LogP contribution >= 0.6 is 0 Å². The van der Waals surface area contributed by atoms with Gasteiger partial charge in [0.2, 0.25) is 5.91 Å². The van der Waals surface area contributed by atoms with Crippen molar-refractivity contribution in [1.82, 2.24) is 9.88 Å². The average Bonchev–Trinajstić information content (AvgIpc) is 3.34. The number of nitrogens with zero attached hydrogens (tertiary/aromatic N) is 3. The Bertz CT molecular complexity index is 1290. The summed E-state index contributed by atoms with van der Waals surface area (Å²) in [6.07, 6.45) is 4.95. The van der Waals surface area contributed by atoms with E-state index in [-0.39, 0.29) is 18.6 Å². The first-order chi connectivity index (χ1) is 15.8. The maximum atomic E-state index is 13.6. The number of Topliss-reactive ketones (excluding diaryl/α,β-unsaturated/α-hetero) is 1. The third kappa shape index (κ3) is 4.95. The molecule has 1 aliphatic heterocycles. The van der Waals surface area contributed by atoms with E-state index in [1.807, 2.05) is 0 Å². The van der Waals surface area contributed by atoms with Crippen LogP contribution < -0.4 is 0 Å². The Balaban J connectivity index is 1.45. The van der Waals surface area contributed by atoms with Crippen molar-refractivity contribution < 1.29 is 27.2 Å². The third-order valence-electron chi connectivity index (χ3n) is 5.39. The van der Waals surface area contributed by atoms with Gasteiger partial charge in [0, 0.05) is 54.2 Å². The molecule has 4 rings (SSSR count). The summed E-state index contributed by atoms with van der Waals surface area (Å²) in [7, 11) is 0. The molecule has 0 aliphatic carbocycles. The van der Waals surface area contributed by atoms with Crippen molar-refractivity contribution in [3.8, 4) is 6.07 Å². The molecule has 0 saturated carbocycles. The molecule has 3 heterocycles. The van der Waals surface area contributed by atoms with Gasteiger partial charge in [-0.3, -0.25) is 14.6 Å². The molecule has 1 amide bonds. The number of alkyl halides is 2. The average molecular weight is 453 g/mol. The number of hydrogen-bond acceptors (Lipinski definition) is 5. The summed E-state index contributed by atoms with van der Waals surface area (Å²) in [5.41, 5.74) is 1.17. The van der Waals surface area contributed by atoms with Gasteiger partial charge in [0.25, 0.3) is 5.92 Å². The Morgan fingerprint density at radius 2 is 2.06 bits per heavy atom. The van der Waals surface area contributed by atoms with Crippen LogP contribution in [0.15, 0.2) is 47.1 Å². The van der Waals surface area contributed by atoms with Crippen LogP contribution in [0.4, 0.5) is 13.2 Å². The van der Waals surface area contributed by atoms with Gasteiger partial charge < -0.3 is 9.32 Å². The van der Waals surface area contributed by atoms with Gasteiger partial charge in [0.15, 0.2) is 5.78 Å². The number of furan rings is 1. The lowest BCUT2D eigenvalue weighted by atomic mass is 10.0.